The molecule has 1 rings (SSSR count). The molecule has 11 N–H and O–H groups in total. The molecule has 0 aliphatic carbocycles. The van der Waals surface area contributed by atoms with Crippen LogP contribution in [0, 0.1) is 5.92 Å². The molecule has 0 spiro atoms. The molecule has 1 heterocycles. The molecule has 13 heteroatoms. The minimum atomic E-state index is -1.15. The van der Waals surface area contributed by atoms with Crippen molar-refractivity contribution in [3.05, 3.63) is 0 Å². The number of rotatable bonds is 17. The molecular weight excluding hydrogens is 468 g/mol. The maximum Gasteiger partial charge on any atom is 0.326 e. The molecule has 206 valence electrons. The fourth-order valence-corrected chi connectivity index (χ4v) is 3.95. The van der Waals surface area contributed by atoms with E-state index in [0.717, 1.165) is 13.0 Å². The van der Waals surface area contributed by atoms with Gasteiger partial charge in [0.2, 0.25) is 17.7 Å². The summed E-state index contributed by atoms with van der Waals surface area (Å²) < 4.78 is 0. The zero-order valence-corrected chi connectivity index (χ0v) is 21.4. The van der Waals surface area contributed by atoms with Crippen LogP contribution in [0.25, 0.3) is 0 Å². The van der Waals surface area contributed by atoms with Gasteiger partial charge in [-0.1, -0.05) is 13.8 Å². The molecule has 0 aromatic carbocycles. The smallest absolute Gasteiger partial charge is 0.326 e. The first-order valence-electron chi connectivity index (χ1n) is 12.7. The van der Waals surface area contributed by atoms with Crippen molar-refractivity contribution >= 4 is 29.7 Å². The average molecular weight is 513 g/mol. The highest BCUT2D eigenvalue weighted by atomic mass is 16.4. The molecule has 0 saturated carbocycles. The maximum atomic E-state index is 13.2. The van der Waals surface area contributed by atoms with Gasteiger partial charge in [0.15, 0.2) is 5.96 Å². The summed E-state index contributed by atoms with van der Waals surface area (Å²) in [6, 6.07) is -3.34. The van der Waals surface area contributed by atoms with Crippen molar-refractivity contribution in [3.8, 4) is 0 Å². The highest BCUT2D eigenvalue weighted by molar-refractivity contribution is 5.94. The second-order valence-electron chi connectivity index (χ2n) is 9.53. The number of nitrogens with one attached hydrogen (secondary N) is 4. The van der Waals surface area contributed by atoms with E-state index in [1.54, 1.807) is 0 Å². The number of carbonyl (C=O) groups excluding carboxylic acids is 3. The molecule has 3 amide bonds. The number of nitrogens with two attached hydrogens (primary N) is 3. The van der Waals surface area contributed by atoms with Crippen LogP contribution in [0.2, 0.25) is 0 Å². The van der Waals surface area contributed by atoms with E-state index in [4.69, 9.17) is 17.2 Å². The monoisotopic (exact) mass is 512 g/mol. The van der Waals surface area contributed by atoms with Crippen LogP contribution in [-0.4, -0.2) is 78.6 Å². The molecule has 1 aliphatic rings. The van der Waals surface area contributed by atoms with Crippen LogP contribution < -0.4 is 38.5 Å². The lowest BCUT2D eigenvalue weighted by Gasteiger charge is -2.25. The first-order chi connectivity index (χ1) is 17.0. The largest absolute Gasteiger partial charge is 0.480 e. The third kappa shape index (κ3) is 12.2. The van der Waals surface area contributed by atoms with Gasteiger partial charge in [-0.15, -0.1) is 0 Å². The summed E-state index contributed by atoms with van der Waals surface area (Å²) in [5, 5.41) is 20.6. The Balaban J connectivity index is 2.96. The Morgan fingerprint density at radius 2 is 1.58 bits per heavy atom. The van der Waals surface area contributed by atoms with Crippen molar-refractivity contribution in [1.29, 1.82) is 0 Å². The predicted octanol–water partition coefficient (Wildman–Crippen LogP) is -1.49. The number of nitrogens with zero attached hydrogens (tertiary/aromatic N) is 1. The van der Waals surface area contributed by atoms with Crippen LogP contribution in [0.1, 0.15) is 65.2 Å². The number of aliphatic imine (C=N–C) groups is 1. The van der Waals surface area contributed by atoms with Crippen LogP contribution in [0.3, 0.4) is 0 Å². The van der Waals surface area contributed by atoms with Crippen molar-refractivity contribution < 1.29 is 24.3 Å². The second kappa shape index (κ2) is 16.7. The van der Waals surface area contributed by atoms with Gasteiger partial charge in [0.25, 0.3) is 0 Å². The fourth-order valence-electron chi connectivity index (χ4n) is 3.95. The number of amides is 3. The van der Waals surface area contributed by atoms with E-state index in [9.17, 15) is 24.3 Å². The number of aliphatic carboxylic acids is 1. The molecule has 1 fully saturated rings. The Kier molecular flexibility index (Phi) is 14.4. The van der Waals surface area contributed by atoms with Gasteiger partial charge in [-0.25, -0.2) is 4.79 Å². The number of unbranched alkanes of at least 4 members (excludes halogenated alkanes) is 1. The van der Waals surface area contributed by atoms with Crippen LogP contribution in [0.15, 0.2) is 4.99 Å². The van der Waals surface area contributed by atoms with Crippen LogP contribution >= 0.6 is 0 Å². The summed E-state index contributed by atoms with van der Waals surface area (Å²) in [6.45, 7) is 5.13. The average Bonchev–Trinajstić information content (AvgIpc) is 3.34. The molecule has 36 heavy (non-hydrogen) atoms. The van der Waals surface area contributed by atoms with Crippen LogP contribution in [0.4, 0.5) is 0 Å². The maximum absolute atomic E-state index is 13.2. The van der Waals surface area contributed by atoms with Gasteiger partial charge in [-0.3, -0.25) is 19.4 Å². The molecule has 4 atom stereocenters. The first kappa shape index (κ1) is 31.1. The van der Waals surface area contributed by atoms with Crippen molar-refractivity contribution in [3.63, 3.8) is 0 Å². The number of carboxylic acids is 1. The van der Waals surface area contributed by atoms with Gasteiger partial charge in [0.05, 0.1) is 6.04 Å². The van der Waals surface area contributed by atoms with E-state index in [-0.39, 0.29) is 43.2 Å². The highest BCUT2D eigenvalue weighted by Crippen LogP contribution is 2.10. The Hall–Kier alpha value is -2.93. The van der Waals surface area contributed by atoms with Gasteiger partial charge >= 0.3 is 5.97 Å². The Morgan fingerprint density at radius 3 is 2.11 bits per heavy atom. The molecule has 0 aromatic rings. The summed E-state index contributed by atoms with van der Waals surface area (Å²) in [5.41, 5.74) is 16.3. The van der Waals surface area contributed by atoms with E-state index >= 15 is 0 Å². The van der Waals surface area contributed by atoms with E-state index in [2.05, 4.69) is 26.3 Å². The number of carboxylic acid groups (broad SMARTS) is 1. The summed E-state index contributed by atoms with van der Waals surface area (Å²) in [4.78, 5) is 54.4. The Morgan fingerprint density at radius 1 is 0.972 bits per heavy atom. The lowest BCUT2D eigenvalue weighted by atomic mass is 10.0. The van der Waals surface area contributed by atoms with Crippen LogP contribution in [-0.2, 0) is 19.2 Å². The van der Waals surface area contributed by atoms with Gasteiger partial charge in [-0.2, -0.15) is 0 Å². The third-order valence-corrected chi connectivity index (χ3v) is 5.86. The summed E-state index contributed by atoms with van der Waals surface area (Å²) >= 11 is 0. The molecule has 4 unspecified atom stereocenters. The zero-order valence-electron chi connectivity index (χ0n) is 21.4. The molecule has 0 aromatic heterocycles. The Bertz CT molecular complexity index is 751. The lowest BCUT2D eigenvalue weighted by Crippen LogP contribution is -2.57. The lowest BCUT2D eigenvalue weighted by molar-refractivity contribution is -0.142. The fraction of sp³-hybridized carbons (Fsp3) is 0.783. The summed E-state index contributed by atoms with van der Waals surface area (Å²) in [7, 11) is 0. The molecular formula is C23H44N8O5. The number of guanidine groups is 1. The standard InChI is InChI=1S/C23H44N8O5/c1-14(2)13-18(22(35)36)31-21(34)17(9-6-12-28-23(25)26)30-20(33)16(7-3-4-10-24)29-19(32)15-8-5-11-27-15/h14-18,27H,3-13,24H2,1-2H3,(H,29,32)(H,30,33)(H,31,34)(H,35,36)(H4,25,26,28). The van der Waals surface area contributed by atoms with E-state index in [1.165, 1.54) is 0 Å². The van der Waals surface area contributed by atoms with Crippen LogP contribution in [0.5, 0.6) is 0 Å². The first-order valence-corrected chi connectivity index (χ1v) is 12.7. The third-order valence-electron chi connectivity index (χ3n) is 5.86. The van der Waals surface area contributed by atoms with Gasteiger partial charge < -0.3 is 43.6 Å². The topological polar surface area (TPSA) is 227 Å². The molecule has 13 nitrogen and oxygen atoms in total. The molecule has 1 aliphatic heterocycles. The minimum Gasteiger partial charge on any atom is -0.480 e. The second-order valence-corrected chi connectivity index (χ2v) is 9.53. The summed E-state index contributed by atoms with van der Waals surface area (Å²) in [5.74, 6) is -2.61. The van der Waals surface area contributed by atoms with Crippen molar-refractivity contribution in [2.75, 3.05) is 19.6 Å². The molecule has 1 saturated heterocycles. The number of carbonyl (C=O) groups is 4. The summed E-state index contributed by atoms with van der Waals surface area (Å²) in [6.07, 6.45) is 4.00. The van der Waals surface area contributed by atoms with Gasteiger partial charge in [0, 0.05) is 6.54 Å². The minimum absolute atomic E-state index is 0.0349. The SMILES string of the molecule is CC(C)CC(NC(=O)C(CCCN=C(N)N)NC(=O)C(CCCCN)NC(=O)C1CCCN1)C(=O)O. The van der Waals surface area contributed by atoms with E-state index in [1.807, 2.05) is 13.8 Å². The zero-order chi connectivity index (χ0) is 27.1. The number of hydrogen-bond acceptors (Lipinski definition) is 7. The van der Waals surface area contributed by atoms with Crippen molar-refractivity contribution in [1.82, 2.24) is 21.3 Å². The van der Waals surface area contributed by atoms with Crippen molar-refractivity contribution in [2.45, 2.75) is 89.4 Å². The highest BCUT2D eigenvalue weighted by Gasteiger charge is 2.31. The van der Waals surface area contributed by atoms with Gasteiger partial charge in [-0.05, 0) is 70.4 Å². The normalized spacial score (nSPS) is 17.6. The quantitative estimate of drug-likeness (QED) is 0.0643. The van der Waals surface area contributed by atoms with E-state index < -0.39 is 35.9 Å². The molecule has 0 radical (unpaired) electrons. The van der Waals surface area contributed by atoms with Crippen molar-refractivity contribution in [2.24, 2.45) is 28.1 Å². The number of hydrogen-bond donors (Lipinski definition) is 8. The van der Waals surface area contributed by atoms with E-state index in [0.29, 0.717) is 38.6 Å². The molecule has 0 bridgehead atoms. The predicted molar refractivity (Wildman–Crippen MR) is 137 cm³/mol. The van der Waals surface area contributed by atoms with Gasteiger partial charge in [0.1, 0.15) is 18.1 Å². The Labute approximate surface area is 212 Å².